The first kappa shape index (κ1) is 21.1. The average molecular weight is 435 g/mol. The van der Waals surface area contributed by atoms with Crippen LogP contribution in [0.2, 0.25) is 0 Å². The molecule has 31 heavy (non-hydrogen) atoms. The number of carbonyl (C=O) groups is 1. The molecule has 0 saturated heterocycles. The van der Waals surface area contributed by atoms with E-state index in [4.69, 9.17) is 0 Å². The molecule has 4 rings (SSSR count). The van der Waals surface area contributed by atoms with Gasteiger partial charge in [-0.2, -0.15) is 0 Å². The number of hydrogen-bond acceptors (Lipinski definition) is 3. The van der Waals surface area contributed by atoms with Crippen LogP contribution in [0.4, 0.5) is 5.69 Å². The molecule has 1 amide bonds. The number of amides is 1. The SMILES string of the molecule is Cc1ccc(S(=O)(=O)N(C)c2ccc(C(=O)N[C@@H]3CCCc4ccccc43)cc2)cc1. The van der Waals surface area contributed by atoms with Crippen molar-refractivity contribution in [1.29, 1.82) is 0 Å². The summed E-state index contributed by atoms with van der Waals surface area (Å²) in [6.45, 7) is 1.91. The molecule has 160 valence electrons. The second-order valence-electron chi connectivity index (χ2n) is 7.95. The Morgan fingerprint density at radius 2 is 1.65 bits per heavy atom. The van der Waals surface area contributed by atoms with Gasteiger partial charge in [0.1, 0.15) is 0 Å². The van der Waals surface area contributed by atoms with Gasteiger partial charge in [0.05, 0.1) is 16.6 Å². The Morgan fingerprint density at radius 1 is 0.968 bits per heavy atom. The summed E-state index contributed by atoms with van der Waals surface area (Å²) in [7, 11) is -2.15. The van der Waals surface area contributed by atoms with Gasteiger partial charge in [0.15, 0.2) is 0 Å². The molecule has 0 heterocycles. The van der Waals surface area contributed by atoms with E-state index in [0.717, 1.165) is 24.8 Å². The van der Waals surface area contributed by atoms with Gasteiger partial charge in [-0.25, -0.2) is 8.42 Å². The highest BCUT2D eigenvalue weighted by Gasteiger charge is 2.23. The van der Waals surface area contributed by atoms with Crippen LogP contribution in [-0.4, -0.2) is 21.4 Å². The number of nitrogens with zero attached hydrogens (tertiary/aromatic N) is 1. The molecule has 1 N–H and O–H groups in total. The third-order valence-corrected chi connectivity index (χ3v) is 7.65. The lowest BCUT2D eigenvalue weighted by molar-refractivity contribution is 0.0933. The van der Waals surface area contributed by atoms with Gasteiger partial charge in [-0.05, 0) is 73.7 Å². The fourth-order valence-electron chi connectivity index (χ4n) is 3.98. The van der Waals surface area contributed by atoms with Crippen molar-refractivity contribution < 1.29 is 13.2 Å². The van der Waals surface area contributed by atoms with Crippen LogP contribution in [0.15, 0.2) is 77.7 Å². The number of anilines is 1. The zero-order valence-electron chi connectivity index (χ0n) is 17.7. The maximum atomic E-state index is 12.9. The van der Waals surface area contributed by atoms with Crippen LogP contribution in [0.3, 0.4) is 0 Å². The van der Waals surface area contributed by atoms with Gasteiger partial charge < -0.3 is 5.32 Å². The molecule has 0 aromatic heterocycles. The quantitative estimate of drug-likeness (QED) is 0.637. The van der Waals surface area contributed by atoms with Gasteiger partial charge in [0, 0.05) is 12.6 Å². The van der Waals surface area contributed by atoms with E-state index in [1.54, 1.807) is 48.5 Å². The third-order valence-electron chi connectivity index (χ3n) is 5.85. The smallest absolute Gasteiger partial charge is 0.264 e. The summed E-state index contributed by atoms with van der Waals surface area (Å²) in [5.41, 5.74) is 4.48. The minimum absolute atomic E-state index is 0.00159. The molecule has 6 heteroatoms. The van der Waals surface area contributed by atoms with Gasteiger partial charge in [0.25, 0.3) is 15.9 Å². The first-order chi connectivity index (χ1) is 14.9. The molecule has 1 aliphatic carbocycles. The van der Waals surface area contributed by atoms with Crippen molar-refractivity contribution in [2.24, 2.45) is 0 Å². The van der Waals surface area contributed by atoms with Crippen molar-refractivity contribution in [3.63, 3.8) is 0 Å². The van der Waals surface area contributed by atoms with Crippen molar-refractivity contribution in [1.82, 2.24) is 5.32 Å². The lowest BCUT2D eigenvalue weighted by Crippen LogP contribution is -2.31. The Bertz CT molecular complexity index is 1190. The number of aryl methyl sites for hydroxylation is 2. The summed E-state index contributed by atoms with van der Waals surface area (Å²) in [5, 5.41) is 3.13. The Kier molecular flexibility index (Phi) is 5.83. The molecular formula is C25H26N2O3S. The zero-order chi connectivity index (χ0) is 22.0. The number of carbonyl (C=O) groups excluding carboxylic acids is 1. The maximum absolute atomic E-state index is 12.9. The Balaban J connectivity index is 1.49. The van der Waals surface area contributed by atoms with E-state index < -0.39 is 10.0 Å². The maximum Gasteiger partial charge on any atom is 0.264 e. The standard InChI is InChI=1S/C25H26N2O3S/c1-18-10-16-22(17-11-18)31(29,30)27(2)21-14-12-20(13-15-21)25(28)26-24-9-5-7-19-6-3-4-8-23(19)24/h3-4,6,8,10-17,24H,5,7,9H2,1-2H3,(H,26,28)/t24-/m1/s1. The van der Waals surface area contributed by atoms with Crippen molar-refractivity contribution >= 4 is 21.6 Å². The van der Waals surface area contributed by atoms with Crippen molar-refractivity contribution in [2.75, 3.05) is 11.4 Å². The largest absolute Gasteiger partial charge is 0.345 e. The van der Waals surface area contributed by atoms with E-state index in [1.807, 2.05) is 19.1 Å². The highest BCUT2D eigenvalue weighted by Crippen LogP contribution is 2.30. The van der Waals surface area contributed by atoms with E-state index in [2.05, 4.69) is 17.4 Å². The molecule has 0 fully saturated rings. The molecule has 0 radical (unpaired) electrons. The molecule has 1 aliphatic rings. The van der Waals surface area contributed by atoms with E-state index in [-0.39, 0.29) is 16.8 Å². The lowest BCUT2D eigenvalue weighted by atomic mass is 9.87. The summed E-state index contributed by atoms with van der Waals surface area (Å²) < 4.78 is 27.0. The summed E-state index contributed by atoms with van der Waals surface area (Å²) >= 11 is 0. The van der Waals surface area contributed by atoms with E-state index in [0.29, 0.717) is 11.3 Å². The van der Waals surface area contributed by atoms with Crippen LogP contribution in [0, 0.1) is 6.92 Å². The molecule has 0 aliphatic heterocycles. The second kappa shape index (κ2) is 8.55. The first-order valence-electron chi connectivity index (χ1n) is 10.4. The molecule has 5 nitrogen and oxygen atoms in total. The fourth-order valence-corrected chi connectivity index (χ4v) is 5.17. The summed E-state index contributed by atoms with van der Waals surface area (Å²) in [4.78, 5) is 13.0. The molecule has 0 saturated carbocycles. The number of benzene rings is 3. The van der Waals surface area contributed by atoms with Gasteiger partial charge >= 0.3 is 0 Å². The van der Waals surface area contributed by atoms with E-state index in [9.17, 15) is 13.2 Å². The van der Waals surface area contributed by atoms with Crippen LogP contribution in [0.5, 0.6) is 0 Å². The topological polar surface area (TPSA) is 66.5 Å². The molecule has 0 spiro atoms. The molecule has 3 aromatic rings. The number of rotatable bonds is 5. The van der Waals surface area contributed by atoms with E-state index >= 15 is 0 Å². The lowest BCUT2D eigenvalue weighted by Gasteiger charge is -2.26. The van der Waals surface area contributed by atoms with Gasteiger partial charge in [-0.1, -0.05) is 42.0 Å². The molecule has 1 atom stereocenters. The Morgan fingerprint density at radius 3 is 2.35 bits per heavy atom. The monoisotopic (exact) mass is 434 g/mol. The first-order valence-corrected chi connectivity index (χ1v) is 11.8. The van der Waals surface area contributed by atoms with Crippen LogP contribution in [0.1, 0.15) is 45.9 Å². The molecule has 0 bridgehead atoms. The summed E-state index contributed by atoms with van der Waals surface area (Å²) in [5.74, 6) is -0.155. The number of sulfonamides is 1. The zero-order valence-corrected chi connectivity index (χ0v) is 18.5. The number of hydrogen-bond donors (Lipinski definition) is 1. The molecule has 3 aromatic carbocycles. The highest BCUT2D eigenvalue weighted by molar-refractivity contribution is 7.92. The summed E-state index contributed by atoms with van der Waals surface area (Å²) in [6, 6.07) is 21.6. The fraction of sp³-hybridized carbons (Fsp3) is 0.240. The minimum Gasteiger partial charge on any atom is -0.345 e. The van der Waals surface area contributed by atoms with Gasteiger partial charge in [-0.3, -0.25) is 9.10 Å². The minimum atomic E-state index is -3.67. The van der Waals surface area contributed by atoms with Crippen LogP contribution in [0.25, 0.3) is 0 Å². The Labute approximate surface area is 183 Å². The number of nitrogens with one attached hydrogen (secondary N) is 1. The highest BCUT2D eigenvalue weighted by atomic mass is 32.2. The predicted octanol–water partition coefficient (Wildman–Crippen LogP) is 4.63. The van der Waals surface area contributed by atoms with Crippen LogP contribution < -0.4 is 9.62 Å². The predicted molar refractivity (Wildman–Crippen MR) is 123 cm³/mol. The average Bonchev–Trinajstić information content (AvgIpc) is 2.79. The van der Waals surface area contributed by atoms with Crippen molar-refractivity contribution in [2.45, 2.75) is 37.1 Å². The van der Waals surface area contributed by atoms with Crippen LogP contribution >= 0.6 is 0 Å². The van der Waals surface area contributed by atoms with E-state index in [1.165, 1.54) is 22.5 Å². The van der Waals surface area contributed by atoms with Gasteiger partial charge in [-0.15, -0.1) is 0 Å². The normalized spacial score (nSPS) is 15.7. The Hall–Kier alpha value is -3.12. The summed E-state index contributed by atoms with van der Waals surface area (Å²) in [6.07, 6.45) is 3.00. The second-order valence-corrected chi connectivity index (χ2v) is 9.92. The molecule has 0 unspecified atom stereocenters. The molecular weight excluding hydrogens is 408 g/mol. The third kappa shape index (κ3) is 4.35. The van der Waals surface area contributed by atoms with Gasteiger partial charge in [0.2, 0.25) is 0 Å². The van der Waals surface area contributed by atoms with Crippen LogP contribution in [-0.2, 0) is 16.4 Å². The van der Waals surface area contributed by atoms with Crippen molar-refractivity contribution in [3.05, 3.63) is 95.1 Å². The van der Waals surface area contributed by atoms with Crippen molar-refractivity contribution in [3.8, 4) is 0 Å². The number of fused-ring (bicyclic) bond motifs is 1.